The van der Waals surface area contributed by atoms with Crippen LogP contribution in [0.25, 0.3) is 0 Å². The zero-order valence-corrected chi connectivity index (χ0v) is 13.7. The van der Waals surface area contributed by atoms with Gasteiger partial charge in [0.05, 0.1) is 9.37 Å². The van der Waals surface area contributed by atoms with Crippen LogP contribution in [0.1, 0.15) is 13.3 Å². The molecule has 0 aliphatic carbocycles. The summed E-state index contributed by atoms with van der Waals surface area (Å²) in [5.74, 6) is 0.232. The van der Waals surface area contributed by atoms with Gasteiger partial charge in [0.15, 0.2) is 0 Å². The van der Waals surface area contributed by atoms with E-state index in [1.165, 1.54) is 16.4 Å². The second kappa shape index (κ2) is 6.11. The first-order valence-electron chi connectivity index (χ1n) is 6.02. The maximum absolute atomic E-state index is 13.5. The number of nitrogens with zero attached hydrogens (tertiary/aromatic N) is 1. The molecule has 1 aromatic carbocycles. The fourth-order valence-corrected chi connectivity index (χ4v) is 5.08. The largest absolute Gasteiger partial charge is 0.243 e. The highest BCUT2D eigenvalue weighted by Gasteiger charge is 2.30. The van der Waals surface area contributed by atoms with Crippen molar-refractivity contribution < 1.29 is 12.8 Å². The summed E-state index contributed by atoms with van der Waals surface area (Å²) in [6, 6.07) is 3.94. The summed E-state index contributed by atoms with van der Waals surface area (Å²) in [5.41, 5.74) is 0. The Hall–Kier alpha value is -0.110. The summed E-state index contributed by atoms with van der Waals surface area (Å²) in [4.78, 5) is 0.0231. The molecule has 0 amide bonds. The SMILES string of the molecule is CCC1CN(S(=O)(=O)c2ccc(Br)c(F)c2)CCS1. The van der Waals surface area contributed by atoms with Crippen molar-refractivity contribution in [2.75, 3.05) is 18.8 Å². The Morgan fingerprint density at radius 3 is 2.89 bits per heavy atom. The lowest BCUT2D eigenvalue weighted by molar-refractivity contribution is 0.415. The number of hydrogen-bond acceptors (Lipinski definition) is 3. The van der Waals surface area contributed by atoms with E-state index in [9.17, 15) is 12.8 Å². The number of thioether (sulfide) groups is 1. The molecule has 3 nitrogen and oxygen atoms in total. The molecule has 106 valence electrons. The zero-order chi connectivity index (χ0) is 14.0. The summed E-state index contributed by atoms with van der Waals surface area (Å²) in [7, 11) is -3.59. The third-order valence-electron chi connectivity index (χ3n) is 3.09. The molecule has 19 heavy (non-hydrogen) atoms. The third-order valence-corrected chi connectivity index (χ3v) is 6.96. The Morgan fingerprint density at radius 1 is 1.53 bits per heavy atom. The predicted molar refractivity (Wildman–Crippen MR) is 79.4 cm³/mol. The molecule has 0 spiro atoms. The minimum atomic E-state index is -3.59. The fraction of sp³-hybridized carbons (Fsp3) is 0.500. The summed E-state index contributed by atoms with van der Waals surface area (Å²) >= 11 is 4.82. The maximum atomic E-state index is 13.5. The van der Waals surface area contributed by atoms with Gasteiger partial charge in [-0.1, -0.05) is 6.92 Å². The molecule has 1 aliphatic heterocycles. The first-order valence-corrected chi connectivity index (χ1v) is 9.30. The van der Waals surface area contributed by atoms with Crippen molar-refractivity contribution in [1.82, 2.24) is 4.31 Å². The Kier molecular flexibility index (Phi) is 4.92. The van der Waals surface area contributed by atoms with Crippen LogP contribution in [0.2, 0.25) is 0 Å². The molecular formula is C12H15BrFNO2S2. The van der Waals surface area contributed by atoms with Crippen molar-refractivity contribution in [3.8, 4) is 0 Å². The van der Waals surface area contributed by atoms with E-state index in [2.05, 4.69) is 15.9 Å². The molecule has 0 saturated carbocycles. The number of rotatable bonds is 3. The van der Waals surface area contributed by atoms with E-state index in [0.29, 0.717) is 18.3 Å². The van der Waals surface area contributed by atoms with Gasteiger partial charge in [0, 0.05) is 24.1 Å². The molecular weight excluding hydrogens is 353 g/mol. The quantitative estimate of drug-likeness (QED) is 0.823. The van der Waals surface area contributed by atoms with Crippen molar-refractivity contribution in [3.63, 3.8) is 0 Å². The molecule has 1 fully saturated rings. The molecule has 2 rings (SSSR count). The van der Waals surface area contributed by atoms with Gasteiger partial charge in [0.2, 0.25) is 10.0 Å². The van der Waals surface area contributed by atoms with Crippen LogP contribution < -0.4 is 0 Å². The van der Waals surface area contributed by atoms with E-state index in [-0.39, 0.29) is 9.37 Å². The zero-order valence-electron chi connectivity index (χ0n) is 10.5. The lowest BCUT2D eigenvalue weighted by Crippen LogP contribution is -2.41. The summed E-state index contributed by atoms with van der Waals surface area (Å²) < 4.78 is 40.1. The highest BCUT2D eigenvalue weighted by Crippen LogP contribution is 2.27. The highest BCUT2D eigenvalue weighted by molar-refractivity contribution is 9.10. The standard InChI is InChI=1S/C12H15BrFNO2S2/c1-2-9-8-15(5-6-18-9)19(16,17)10-3-4-11(13)12(14)7-10/h3-4,7,9H,2,5-6,8H2,1H3. The highest BCUT2D eigenvalue weighted by atomic mass is 79.9. The lowest BCUT2D eigenvalue weighted by Gasteiger charge is -2.31. The number of halogens is 2. The fourth-order valence-electron chi connectivity index (χ4n) is 1.94. The maximum Gasteiger partial charge on any atom is 0.243 e. The minimum absolute atomic E-state index is 0.0231. The van der Waals surface area contributed by atoms with E-state index in [0.717, 1.165) is 18.2 Å². The van der Waals surface area contributed by atoms with Gasteiger partial charge in [-0.05, 0) is 40.5 Å². The summed E-state index contributed by atoms with van der Waals surface area (Å²) in [6.07, 6.45) is 0.936. The average molecular weight is 368 g/mol. The Labute approximate surface area is 125 Å². The van der Waals surface area contributed by atoms with Crippen molar-refractivity contribution >= 4 is 37.7 Å². The molecule has 0 N–H and O–H groups in total. The monoisotopic (exact) mass is 367 g/mol. The summed E-state index contributed by atoms with van der Waals surface area (Å²) in [5, 5.41) is 0.323. The van der Waals surface area contributed by atoms with Crippen LogP contribution in [0.4, 0.5) is 4.39 Å². The Bertz CT molecular complexity index is 565. The second-order valence-corrected chi connectivity index (χ2v) is 8.54. The molecule has 1 aliphatic rings. The molecule has 0 radical (unpaired) electrons. The van der Waals surface area contributed by atoms with Gasteiger partial charge in [-0.2, -0.15) is 16.1 Å². The van der Waals surface area contributed by atoms with E-state index >= 15 is 0 Å². The van der Waals surface area contributed by atoms with Crippen LogP contribution in [0.15, 0.2) is 27.6 Å². The van der Waals surface area contributed by atoms with Gasteiger partial charge in [-0.25, -0.2) is 12.8 Å². The Balaban J connectivity index is 2.28. The first-order chi connectivity index (χ1) is 8.95. The van der Waals surface area contributed by atoms with Gasteiger partial charge < -0.3 is 0 Å². The van der Waals surface area contributed by atoms with E-state index in [1.807, 2.05) is 6.92 Å². The van der Waals surface area contributed by atoms with Crippen molar-refractivity contribution in [3.05, 3.63) is 28.5 Å². The van der Waals surface area contributed by atoms with Crippen LogP contribution >= 0.6 is 27.7 Å². The van der Waals surface area contributed by atoms with Crippen LogP contribution in [0.3, 0.4) is 0 Å². The summed E-state index contributed by atoms with van der Waals surface area (Å²) in [6.45, 7) is 3.04. The van der Waals surface area contributed by atoms with E-state index in [1.54, 1.807) is 11.8 Å². The second-order valence-electron chi connectivity index (χ2n) is 4.34. The molecule has 0 bridgehead atoms. The van der Waals surface area contributed by atoms with Gasteiger partial charge in [-0.3, -0.25) is 0 Å². The minimum Gasteiger partial charge on any atom is -0.207 e. The molecule has 0 aromatic heterocycles. The van der Waals surface area contributed by atoms with Gasteiger partial charge in [-0.15, -0.1) is 0 Å². The third kappa shape index (κ3) is 3.32. The topological polar surface area (TPSA) is 37.4 Å². The number of hydrogen-bond donors (Lipinski definition) is 0. The van der Waals surface area contributed by atoms with Gasteiger partial charge in [0.25, 0.3) is 0 Å². The molecule has 1 aromatic rings. The smallest absolute Gasteiger partial charge is 0.207 e. The Morgan fingerprint density at radius 2 is 2.26 bits per heavy atom. The van der Waals surface area contributed by atoms with Crippen molar-refractivity contribution in [1.29, 1.82) is 0 Å². The van der Waals surface area contributed by atoms with Crippen molar-refractivity contribution in [2.24, 2.45) is 0 Å². The molecule has 1 heterocycles. The first kappa shape index (κ1) is 15.3. The molecule has 1 unspecified atom stereocenters. The number of benzene rings is 1. The van der Waals surface area contributed by atoms with E-state index < -0.39 is 15.8 Å². The van der Waals surface area contributed by atoms with Gasteiger partial charge in [0.1, 0.15) is 5.82 Å². The van der Waals surface area contributed by atoms with E-state index in [4.69, 9.17) is 0 Å². The predicted octanol–water partition coefficient (Wildman–Crippen LogP) is 3.10. The van der Waals surface area contributed by atoms with Crippen LogP contribution in [0.5, 0.6) is 0 Å². The lowest BCUT2D eigenvalue weighted by atomic mass is 10.3. The molecule has 1 saturated heterocycles. The van der Waals surface area contributed by atoms with Crippen LogP contribution in [-0.4, -0.2) is 36.8 Å². The number of sulfonamides is 1. The average Bonchev–Trinajstić information content (AvgIpc) is 2.41. The van der Waals surface area contributed by atoms with Crippen LogP contribution in [-0.2, 0) is 10.0 Å². The van der Waals surface area contributed by atoms with Crippen molar-refractivity contribution in [2.45, 2.75) is 23.5 Å². The molecule has 7 heteroatoms. The van der Waals surface area contributed by atoms with Crippen LogP contribution in [0, 0.1) is 5.82 Å². The normalized spacial score (nSPS) is 21.5. The molecule has 1 atom stereocenters. The van der Waals surface area contributed by atoms with Gasteiger partial charge >= 0.3 is 0 Å².